The minimum Gasteiger partial charge on any atom is -0.497 e. The molecule has 1 unspecified atom stereocenters. The molecule has 1 spiro atoms. The van der Waals surface area contributed by atoms with Gasteiger partial charge in [0, 0.05) is 54.7 Å². The minimum absolute atomic E-state index is 0.278. The molecule has 0 amide bonds. The molecule has 1 atom stereocenters. The SMILES string of the molecule is COc1ccc(C(O)CN2CCC3(C=Cc4cc(Cl)ccc4O3)CC2)c(OC)c1. The van der Waals surface area contributed by atoms with Gasteiger partial charge < -0.3 is 24.2 Å². The van der Waals surface area contributed by atoms with E-state index in [-0.39, 0.29) is 5.60 Å². The van der Waals surface area contributed by atoms with Crippen molar-refractivity contribution in [3.63, 3.8) is 0 Å². The lowest BCUT2D eigenvalue weighted by Crippen LogP contribution is -2.48. The monoisotopic (exact) mass is 415 g/mol. The van der Waals surface area contributed by atoms with Crippen LogP contribution in [0.5, 0.6) is 17.2 Å². The van der Waals surface area contributed by atoms with Crippen LogP contribution in [0, 0.1) is 0 Å². The van der Waals surface area contributed by atoms with Gasteiger partial charge in [-0.25, -0.2) is 0 Å². The molecule has 1 saturated heterocycles. The fourth-order valence-corrected chi connectivity index (χ4v) is 4.24. The molecule has 154 valence electrons. The Bertz CT molecular complexity index is 906. The van der Waals surface area contributed by atoms with Crippen molar-refractivity contribution in [2.75, 3.05) is 33.9 Å². The first-order valence-electron chi connectivity index (χ1n) is 9.82. The van der Waals surface area contributed by atoms with Crippen molar-refractivity contribution in [2.45, 2.75) is 24.5 Å². The second kappa shape index (κ2) is 8.27. The summed E-state index contributed by atoms with van der Waals surface area (Å²) in [6.07, 6.45) is 5.38. The zero-order valence-electron chi connectivity index (χ0n) is 16.7. The second-order valence-corrected chi connectivity index (χ2v) is 8.04. The lowest BCUT2D eigenvalue weighted by molar-refractivity contribution is 0.0197. The lowest BCUT2D eigenvalue weighted by atomic mass is 9.88. The van der Waals surface area contributed by atoms with Crippen molar-refractivity contribution < 1.29 is 19.3 Å². The van der Waals surface area contributed by atoms with Crippen molar-refractivity contribution in [3.8, 4) is 17.2 Å². The van der Waals surface area contributed by atoms with Gasteiger partial charge in [0.1, 0.15) is 22.8 Å². The lowest BCUT2D eigenvalue weighted by Gasteiger charge is -2.42. The molecule has 29 heavy (non-hydrogen) atoms. The molecule has 4 rings (SSSR count). The van der Waals surface area contributed by atoms with Crippen molar-refractivity contribution in [1.82, 2.24) is 4.90 Å². The number of halogens is 1. The van der Waals surface area contributed by atoms with E-state index in [0.29, 0.717) is 23.1 Å². The Labute approximate surface area is 176 Å². The van der Waals surface area contributed by atoms with Gasteiger partial charge in [-0.15, -0.1) is 0 Å². The number of benzene rings is 2. The van der Waals surface area contributed by atoms with E-state index in [2.05, 4.69) is 17.1 Å². The van der Waals surface area contributed by atoms with Crippen LogP contribution in [0.15, 0.2) is 42.5 Å². The van der Waals surface area contributed by atoms with Crippen LogP contribution in [0.3, 0.4) is 0 Å². The second-order valence-electron chi connectivity index (χ2n) is 7.61. The van der Waals surface area contributed by atoms with Crippen LogP contribution in [-0.2, 0) is 0 Å². The molecule has 2 aromatic carbocycles. The summed E-state index contributed by atoms with van der Waals surface area (Å²) in [6, 6.07) is 11.2. The summed E-state index contributed by atoms with van der Waals surface area (Å²) in [7, 11) is 3.22. The summed E-state index contributed by atoms with van der Waals surface area (Å²) in [5.41, 5.74) is 1.51. The largest absolute Gasteiger partial charge is 0.497 e. The van der Waals surface area contributed by atoms with E-state index in [9.17, 15) is 5.11 Å². The first-order chi connectivity index (χ1) is 14.0. The number of β-amino-alcohol motifs (C(OH)–C–C–N with tert-alkyl or cyclic N) is 1. The highest BCUT2D eigenvalue weighted by molar-refractivity contribution is 6.30. The van der Waals surface area contributed by atoms with Crippen LogP contribution >= 0.6 is 11.6 Å². The Balaban J connectivity index is 1.39. The summed E-state index contributed by atoms with van der Waals surface area (Å²) in [5.74, 6) is 2.23. The van der Waals surface area contributed by atoms with Gasteiger partial charge in [0.15, 0.2) is 0 Å². The van der Waals surface area contributed by atoms with Crippen LogP contribution in [0.1, 0.15) is 30.1 Å². The van der Waals surface area contributed by atoms with E-state index in [1.54, 1.807) is 20.3 Å². The molecule has 5 nitrogen and oxygen atoms in total. The molecule has 2 aromatic rings. The van der Waals surface area contributed by atoms with E-state index < -0.39 is 6.10 Å². The number of fused-ring (bicyclic) bond motifs is 1. The number of aliphatic hydroxyl groups excluding tert-OH is 1. The number of piperidine rings is 1. The molecule has 1 N–H and O–H groups in total. The quantitative estimate of drug-likeness (QED) is 0.787. The summed E-state index contributed by atoms with van der Waals surface area (Å²) in [4.78, 5) is 2.27. The molecule has 0 aromatic heterocycles. The van der Waals surface area contributed by atoms with Crippen molar-refractivity contribution in [2.24, 2.45) is 0 Å². The Morgan fingerprint density at radius 1 is 1.14 bits per heavy atom. The third kappa shape index (κ3) is 4.22. The van der Waals surface area contributed by atoms with Gasteiger partial charge in [-0.05, 0) is 36.4 Å². The number of likely N-dealkylation sites (tertiary alicyclic amines) is 1. The maximum atomic E-state index is 10.8. The molecule has 0 aliphatic carbocycles. The number of hydrogen-bond acceptors (Lipinski definition) is 5. The fourth-order valence-electron chi connectivity index (χ4n) is 4.06. The number of nitrogens with zero attached hydrogens (tertiary/aromatic N) is 1. The molecule has 0 saturated carbocycles. The number of aliphatic hydroxyl groups is 1. The molecule has 0 radical (unpaired) electrons. The minimum atomic E-state index is -0.629. The van der Waals surface area contributed by atoms with Crippen LogP contribution < -0.4 is 14.2 Å². The summed E-state index contributed by atoms with van der Waals surface area (Å²) < 4.78 is 17.0. The van der Waals surface area contributed by atoms with E-state index in [1.807, 2.05) is 30.3 Å². The van der Waals surface area contributed by atoms with E-state index >= 15 is 0 Å². The highest BCUT2D eigenvalue weighted by Crippen LogP contribution is 2.38. The highest BCUT2D eigenvalue weighted by atomic mass is 35.5. The van der Waals surface area contributed by atoms with E-state index in [4.69, 9.17) is 25.8 Å². The van der Waals surface area contributed by atoms with E-state index in [0.717, 1.165) is 42.8 Å². The summed E-state index contributed by atoms with van der Waals surface area (Å²) >= 11 is 6.07. The predicted octanol–water partition coefficient (Wildman–Crippen LogP) is 4.33. The predicted molar refractivity (Wildman–Crippen MR) is 114 cm³/mol. The zero-order chi connectivity index (χ0) is 20.4. The van der Waals surface area contributed by atoms with Crippen molar-refractivity contribution in [1.29, 1.82) is 0 Å². The normalized spacial score (nSPS) is 18.8. The Kier molecular flexibility index (Phi) is 5.72. The van der Waals surface area contributed by atoms with Gasteiger partial charge in [-0.1, -0.05) is 17.7 Å². The average Bonchev–Trinajstić information content (AvgIpc) is 2.75. The van der Waals surface area contributed by atoms with Crippen LogP contribution in [0.2, 0.25) is 5.02 Å². The molecule has 1 fully saturated rings. The number of methoxy groups -OCH3 is 2. The first kappa shape index (κ1) is 20.1. The third-order valence-electron chi connectivity index (χ3n) is 5.78. The molecule has 2 aliphatic rings. The molecular formula is C23H26ClNO4. The number of hydrogen-bond donors (Lipinski definition) is 1. The Morgan fingerprint density at radius 3 is 2.66 bits per heavy atom. The summed E-state index contributed by atoms with van der Waals surface area (Å²) in [5, 5.41) is 11.5. The molecular weight excluding hydrogens is 390 g/mol. The molecule has 0 bridgehead atoms. The van der Waals surface area contributed by atoms with Crippen molar-refractivity contribution in [3.05, 3.63) is 58.6 Å². The fraction of sp³-hybridized carbons (Fsp3) is 0.391. The van der Waals surface area contributed by atoms with Gasteiger partial charge in [-0.3, -0.25) is 0 Å². The standard InChI is InChI=1S/C23H26ClNO4/c1-27-18-4-5-19(22(14-18)28-2)20(26)15-25-11-9-23(10-12-25)8-7-16-13-17(24)3-6-21(16)29-23/h3-8,13-14,20,26H,9-12,15H2,1-2H3. The Morgan fingerprint density at radius 2 is 1.93 bits per heavy atom. The number of ether oxygens (including phenoxy) is 3. The highest BCUT2D eigenvalue weighted by Gasteiger charge is 2.37. The molecule has 6 heteroatoms. The van der Waals surface area contributed by atoms with Gasteiger partial charge in [-0.2, -0.15) is 0 Å². The van der Waals surface area contributed by atoms with Crippen LogP contribution in [0.25, 0.3) is 6.08 Å². The maximum Gasteiger partial charge on any atom is 0.130 e. The van der Waals surface area contributed by atoms with Crippen LogP contribution in [0.4, 0.5) is 0 Å². The average molecular weight is 416 g/mol. The zero-order valence-corrected chi connectivity index (χ0v) is 17.5. The molecule has 2 aliphatic heterocycles. The smallest absolute Gasteiger partial charge is 0.130 e. The summed E-state index contributed by atoms with van der Waals surface area (Å²) in [6.45, 7) is 2.25. The van der Waals surface area contributed by atoms with E-state index in [1.165, 1.54) is 0 Å². The van der Waals surface area contributed by atoms with Gasteiger partial charge in [0.05, 0.1) is 20.3 Å². The topological polar surface area (TPSA) is 51.2 Å². The first-order valence-corrected chi connectivity index (χ1v) is 10.2. The van der Waals surface area contributed by atoms with Gasteiger partial charge >= 0.3 is 0 Å². The van der Waals surface area contributed by atoms with Gasteiger partial charge in [0.2, 0.25) is 0 Å². The molecule has 2 heterocycles. The maximum absolute atomic E-state index is 10.8. The Hall–Kier alpha value is -2.21. The van der Waals surface area contributed by atoms with Crippen molar-refractivity contribution >= 4 is 17.7 Å². The van der Waals surface area contributed by atoms with Crippen LogP contribution in [-0.4, -0.2) is 49.5 Å². The van der Waals surface area contributed by atoms with Gasteiger partial charge in [0.25, 0.3) is 0 Å². The third-order valence-corrected chi connectivity index (χ3v) is 6.02. The number of rotatable bonds is 5.